The van der Waals surface area contributed by atoms with Gasteiger partial charge in [0.05, 0.1) is 17.1 Å². The van der Waals surface area contributed by atoms with Gasteiger partial charge < -0.3 is 16.2 Å². The Morgan fingerprint density at radius 2 is 2.31 bits per heavy atom. The van der Waals surface area contributed by atoms with E-state index < -0.39 is 0 Å². The van der Waals surface area contributed by atoms with Crippen molar-refractivity contribution in [2.45, 2.75) is 4.90 Å². The lowest BCUT2D eigenvalue weighted by atomic mass is 10.2. The number of phenols is 1. The fourth-order valence-corrected chi connectivity index (χ4v) is 1.97. The molecule has 1 amide bonds. The van der Waals surface area contributed by atoms with Crippen molar-refractivity contribution in [2.75, 3.05) is 16.8 Å². The zero-order valence-electron chi connectivity index (χ0n) is 6.70. The van der Waals surface area contributed by atoms with Crippen molar-refractivity contribution >= 4 is 29.0 Å². The first-order valence-corrected chi connectivity index (χ1v) is 4.70. The SMILES string of the molecule is Nc1cc2c(cc1O)NC(=O)CS2. The Balaban J connectivity index is 2.49. The molecule has 0 aromatic heterocycles. The second-order valence-electron chi connectivity index (χ2n) is 2.74. The van der Waals surface area contributed by atoms with Gasteiger partial charge in [-0.15, -0.1) is 11.8 Å². The Morgan fingerprint density at radius 1 is 1.54 bits per heavy atom. The summed E-state index contributed by atoms with van der Waals surface area (Å²) >= 11 is 1.42. The summed E-state index contributed by atoms with van der Waals surface area (Å²) in [4.78, 5) is 11.9. The highest BCUT2D eigenvalue weighted by atomic mass is 32.2. The molecule has 2 rings (SSSR count). The zero-order valence-corrected chi connectivity index (χ0v) is 7.52. The van der Waals surface area contributed by atoms with E-state index in [4.69, 9.17) is 5.73 Å². The summed E-state index contributed by atoms with van der Waals surface area (Å²) in [6.07, 6.45) is 0. The van der Waals surface area contributed by atoms with Gasteiger partial charge in [-0.2, -0.15) is 0 Å². The third kappa shape index (κ3) is 1.42. The van der Waals surface area contributed by atoms with Crippen LogP contribution in [0.25, 0.3) is 0 Å². The maximum absolute atomic E-state index is 11.0. The number of hydrogen-bond donors (Lipinski definition) is 3. The van der Waals surface area contributed by atoms with Crippen LogP contribution in [-0.4, -0.2) is 16.8 Å². The molecule has 4 N–H and O–H groups in total. The van der Waals surface area contributed by atoms with Crippen molar-refractivity contribution in [3.05, 3.63) is 12.1 Å². The number of nitrogen functional groups attached to an aromatic ring is 1. The number of rotatable bonds is 0. The normalized spacial score (nSPS) is 14.9. The predicted molar refractivity (Wildman–Crippen MR) is 51.9 cm³/mol. The van der Waals surface area contributed by atoms with Crippen LogP contribution in [0.1, 0.15) is 0 Å². The molecule has 0 bridgehead atoms. The number of nitrogens with two attached hydrogens (primary N) is 1. The van der Waals surface area contributed by atoms with Crippen molar-refractivity contribution in [3.8, 4) is 5.75 Å². The molecular weight excluding hydrogens is 188 g/mol. The highest BCUT2D eigenvalue weighted by Gasteiger charge is 2.16. The number of anilines is 2. The maximum Gasteiger partial charge on any atom is 0.234 e. The highest BCUT2D eigenvalue weighted by molar-refractivity contribution is 8.00. The van der Waals surface area contributed by atoms with Crippen molar-refractivity contribution in [2.24, 2.45) is 0 Å². The van der Waals surface area contributed by atoms with Crippen LogP contribution in [0.2, 0.25) is 0 Å². The monoisotopic (exact) mass is 196 g/mol. The molecule has 1 aromatic rings. The average Bonchev–Trinajstić information content (AvgIpc) is 2.08. The number of nitrogens with one attached hydrogen (secondary N) is 1. The molecule has 68 valence electrons. The number of thioether (sulfide) groups is 1. The van der Waals surface area contributed by atoms with E-state index in [2.05, 4.69) is 5.32 Å². The molecule has 0 atom stereocenters. The first kappa shape index (κ1) is 8.25. The van der Waals surface area contributed by atoms with E-state index in [-0.39, 0.29) is 11.7 Å². The lowest BCUT2D eigenvalue weighted by molar-refractivity contribution is -0.113. The molecule has 4 nitrogen and oxygen atoms in total. The first-order chi connectivity index (χ1) is 6.16. The molecule has 0 spiro atoms. The number of benzene rings is 1. The Bertz CT molecular complexity index is 379. The van der Waals surface area contributed by atoms with Gasteiger partial charge in [-0.3, -0.25) is 4.79 Å². The van der Waals surface area contributed by atoms with E-state index in [0.717, 1.165) is 4.90 Å². The quantitative estimate of drug-likeness (QED) is 0.427. The van der Waals surface area contributed by atoms with E-state index >= 15 is 0 Å². The van der Waals surface area contributed by atoms with Crippen LogP contribution in [-0.2, 0) is 4.79 Å². The summed E-state index contributed by atoms with van der Waals surface area (Å²) in [6, 6.07) is 3.13. The summed E-state index contributed by atoms with van der Waals surface area (Å²) in [6.45, 7) is 0. The number of phenolic OH excluding ortho intramolecular Hbond substituents is 1. The lowest BCUT2D eigenvalue weighted by Crippen LogP contribution is -2.18. The van der Waals surface area contributed by atoms with Gasteiger partial charge >= 0.3 is 0 Å². The van der Waals surface area contributed by atoms with E-state index in [1.807, 2.05) is 0 Å². The van der Waals surface area contributed by atoms with Crippen LogP contribution in [0.3, 0.4) is 0 Å². The molecule has 5 heteroatoms. The van der Waals surface area contributed by atoms with Gasteiger partial charge in [0.15, 0.2) is 0 Å². The number of carbonyl (C=O) groups excluding carboxylic acids is 1. The van der Waals surface area contributed by atoms with Crippen LogP contribution in [0.5, 0.6) is 5.75 Å². The second-order valence-corrected chi connectivity index (χ2v) is 3.76. The van der Waals surface area contributed by atoms with E-state index in [0.29, 0.717) is 17.1 Å². The predicted octanol–water partition coefficient (Wildman–Crippen LogP) is 1.02. The van der Waals surface area contributed by atoms with Crippen molar-refractivity contribution in [3.63, 3.8) is 0 Å². The number of amides is 1. The van der Waals surface area contributed by atoms with E-state index in [9.17, 15) is 9.90 Å². The highest BCUT2D eigenvalue weighted by Crippen LogP contribution is 2.37. The molecule has 0 radical (unpaired) electrons. The lowest BCUT2D eigenvalue weighted by Gasteiger charge is -2.16. The summed E-state index contributed by atoms with van der Waals surface area (Å²) < 4.78 is 0. The molecule has 0 aliphatic carbocycles. The third-order valence-electron chi connectivity index (χ3n) is 1.76. The minimum Gasteiger partial charge on any atom is -0.506 e. The fourth-order valence-electron chi connectivity index (χ4n) is 1.13. The molecule has 1 aromatic carbocycles. The number of fused-ring (bicyclic) bond motifs is 1. The van der Waals surface area contributed by atoms with Crippen LogP contribution >= 0.6 is 11.8 Å². The van der Waals surface area contributed by atoms with Crippen molar-refractivity contribution in [1.82, 2.24) is 0 Å². The van der Waals surface area contributed by atoms with Crippen molar-refractivity contribution < 1.29 is 9.90 Å². The Kier molecular flexibility index (Phi) is 1.81. The standard InChI is InChI=1S/C8H8N2O2S/c9-4-1-7-5(2-6(4)11)10-8(12)3-13-7/h1-2,11H,3,9H2,(H,10,12). The second kappa shape index (κ2) is 2.85. The minimum absolute atomic E-state index is 0.00144. The molecule has 0 fully saturated rings. The summed E-state index contributed by atoms with van der Waals surface area (Å²) in [5.74, 6) is 0.347. The van der Waals surface area contributed by atoms with Crippen LogP contribution < -0.4 is 11.1 Å². The van der Waals surface area contributed by atoms with E-state index in [1.54, 1.807) is 6.07 Å². The Hall–Kier alpha value is -1.36. The minimum atomic E-state index is -0.0540. The number of hydrogen-bond acceptors (Lipinski definition) is 4. The van der Waals surface area contributed by atoms with Gasteiger partial charge in [-0.1, -0.05) is 0 Å². The Morgan fingerprint density at radius 3 is 3.08 bits per heavy atom. The maximum atomic E-state index is 11.0. The van der Waals surface area contributed by atoms with Crippen LogP contribution in [0, 0.1) is 0 Å². The fraction of sp³-hybridized carbons (Fsp3) is 0.125. The summed E-state index contributed by atoms with van der Waals surface area (Å²) in [7, 11) is 0. The average molecular weight is 196 g/mol. The molecule has 0 saturated carbocycles. The topological polar surface area (TPSA) is 75.3 Å². The van der Waals surface area contributed by atoms with Crippen LogP contribution in [0.4, 0.5) is 11.4 Å². The van der Waals surface area contributed by atoms with Gasteiger partial charge in [0.25, 0.3) is 0 Å². The molecule has 0 saturated heterocycles. The van der Waals surface area contributed by atoms with Gasteiger partial charge in [0, 0.05) is 11.0 Å². The molecular formula is C8H8N2O2S. The smallest absolute Gasteiger partial charge is 0.234 e. The number of aromatic hydroxyl groups is 1. The van der Waals surface area contributed by atoms with Crippen LogP contribution in [0.15, 0.2) is 17.0 Å². The zero-order chi connectivity index (χ0) is 9.42. The largest absolute Gasteiger partial charge is 0.506 e. The summed E-state index contributed by atoms with van der Waals surface area (Å²) in [5, 5.41) is 11.9. The van der Waals surface area contributed by atoms with Gasteiger partial charge in [0.2, 0.25) is 5.91 Å². The molecule has 0 unspecified atom stereocenters. The Labute approximate surface area is 79.1 Å². The molecule has 1 aliphatic rings. The first-order valence-electron chi connectivity index (χ1n) is 3.72. The number of carbonyl (C=O) groups is 1. The molecule has 1 aliphatic heterocycles. The summed E-state index contributed by atoms with van der Waals surface area (Å²) in [5.41, 5.74) is 6.47. The van der Waals surface area contributed by atoms with E-state index in [1.165, 1.54) is 17.8 Å². The van der Waals surface area contributed by atoms with Crippen molar-refractivity contribution in [1.29, 1.82) is 0 Å². The van der Waals surface area contributed by atoms with Gasteiger partial charge in [0.1, 0.15) is 5.75 Å². The molecule has 1 heterocycles. The van der Waals surface area contributed by atoms with Gasteiger partial charge in [-0.05, 0) is 6.07 Å². The molecule has 13 heavy (non-hydrogen) atoms. The van der Waals surface area contributed by atoms with Gasteiger partial charge in [-0.25, -0.2) is 0 Å². The third-order valence-corrected chi connectivity index (χ3v) is 2.82.